The third-order valence-electron chi connectivity index (χ3n) is 18.7. The van der Waals surface area contributed by atoms with Gasteiger partial charge in [-0.05, 0) is 25.7 Å². The van der Waals surface area contributed by atoms with Crippen LogP contribution in [0, 0.1) is 0 Å². The summed E-state index contributed by atoms with van der Waals surface area (Å²) in [5.41, 5.74) is 0. The van der Waals surface area contributed by atoms with E-state index in [-0.39, 0.29) is 18.5 Å². The molecule has 2 atom stereocenters. The van der Waals surface area contributed by atoms with Crippen LogP contribution in [0.3, 0.4) is 0 Å². The molecule has 0 saturated carbocycles. The van der Waals surface area contributed by atoms with Crippen LogP contribution in [-0.2, 0) is 14.3 Å². The van der Waals surface area contributed by atoms with Crippen molar-refractivity contribution in [2.24, 2.45) is 0 Å². The Hall–Kier alpha value is -1.14. The Bertz CT molecular complexity index is 1210. The first-order valence-corrected chi connectivity index (χ1v) is 38.8. The van der Waals surface area contributed by atoms with Gasteiger partial charge in [0.2, 0.25) is 5.91 Å². The molecule has 0 aromatic carbocycles. The standard InChI is InChI=1S/C77H153NO5/c1-3-5-7-9-11-13-15-17-19-38-41-45-49-53-57-61-65-69-75(80)74(73-79)78-76(81)70-66-62-58-54-50-46-42-39-36-34-32-30-28-26-24-22-21-23-25-27-29-31-33-35-37-40-44-48-52-56-60-64-68-72-83-77(82)71-67-63-59-55-51-47-43-20-18-16-14-12-10-8-6-4-2/h74-75,79-80H,3-73H2,1-2H3,(H,78,81). The minimum absolute atomic E-state index is 0.0252. The van der Waals surface area contributed by atoms with Crippen LogP contribution in [0.5, 0.6) is 0 Å². The van der Waals surface area contributed by atoms with Crippen LogP contribution >= 0.6 is 0 Å². The fraction of sp³-hybridized carbons (Fsp3) is 0.974. The summed E-state index contributed by atoms with van der Waals surface area (Å²) in [5, 5.41) is 23.4. The average molecular weight is 1170 g/mol. The van der Waals surface area contributed by atoms with Crippen LogP contribution < -0.4 is 5.32 Å². The zero-order valence-corrected chi connectivity index (χ0v) is 57.0. The van der Waals surface area contributed by atoms with E-state index in [0.717, 1.165) is 38.5 Å². The molecule has 3 N–H and O–H groups in total. The Kier molecular flexibility index (Phi) is 72.3. The summed E-state index contributed by atoms with van der Waals surface area (Å²) in [5.74, 6) is 0.00137. The number of amides is 1. The van der Waals surface area contributed by atoms with Crippen molar-refractivity contribution in [3.8, 4) is 0 Å². The molecule has 0 fully saturated rings. The molecular weight excluding hydrogens is 1020 g/mol. The summed E-state index contributed by atoms with van der Waals surface area (Å²) < 4.78 is 5.51. The lowest BCUT2D eigenvalue weighted by molar-refractivity contribution is -0.143. The number of carbonyl (C=O) groups excluding carboxylic acids is 2. The van der Waals surface area contributed by atoms with Gasteiger partial charge >= 0.3 is 5.97 Å². The molecule has 0 aromatic rings. The minimum atomic E-state index is -0.660. The van der Waals surface area contributed by atoms with E-state index >= 15 is 0 Å². The molecule has 83 heavy (non-hydrogen) atoms. The predicted molar refractivity (Wildman–Crippen MR) is 366 cm³/mol. The van der Waals surface area contributed by atoms with E-state index in [4.69, 9.17) is 4.74 Å². The fourth-order valence-electron chi connectivity index (χ4n) is 12.8. The maximum Gasteiger partial charge on any atom is 0.305 e. The molecule has 496 valence electrons. The van der Waals surface area contributed by atoms with Crippen molar-refractivity contribution in [2.75, 3.05) is 13.2 Å². The highest BCUT2D eigenvalue weighted by atomic mass is 16.5. The molecule has 2 unspecified atom stereocenters. The molecule has 6 heteroatoms. The van der Waals surface area contributed by atoms with Gasteiger partial charge in [-0.3, -0.25) is 9.59 Å². The number of ether oxygens (including phenoxy) is 1. The highest BCUT2D eigenvalue weighted by molar-refractivity contribution is 5.76. The van der Waals surface area contributed by atoms with Crippen LogP contribution in [0.4, 0.5) is 0 Å². The maximum absolute atomic E-state index is 12.5. The molecule has 0 radical (unpaired) electrons. The Balaban J connectivity index is 3.29. The molecule has 1 amide bonds. The van der Waals surface area contributed by atoms with Crippen molar-refractivity contribution < 1.29 is 24.5 Å². The van der Waals surface area contributed by atoms with Gasteiger partial charge in [0, 0.05) is 12.8 Å². The fourth-order valence-corrected chi connectivity index (χ4v) is 12.8. The molecule has 0 rings (SSSR count). The number of aliphatic hydroxyl groups is 2. The number of hydrogen-bond acceptors (Lipinski definition) is 5. The van der Waals surface area contributed by atoms with Crippen molar-refractivity contribution in [3.63, 3.8) is 0 Å². The first kappa shape index (κ1) is 81.9. The second kappa shape index (κ2) is 73.3. The summed E-state index contributed by atoms with van der Waals surface area (Å²) in [4.78, 5) is 24.6. The second-order valence-corrected chi connectivity index (χ2v) is 27.1. The molecule has 0 aromatic heterocycles. The van der Waals surface area contributed by atoms with Gasteiger partial charge in [-0.25, -0.2) is 0 Å². The van der Waals surface area contributed by atoms with Crippen molar-refractivity contribution in [1.29, 1.82) is 0 Å². The van der Waals surface area contributed by atoms with Crippen molar-refractivity contribution in [3.05, 3.63) is 0 Å². The summed E-state index contributed by atoms with van der Waals surface area (Å²) in [6, 6.07) is -0.537. The maximum atomic E-state index is 12.5. The van der Waals surface area contributed by atoms with E-state index in [0.29, 0.717) is 25.9 Å². The summed E-state index contributed by atoms with van der Waals surface area (Å²) in [7, 11) is 0. The third-order valence-corrected chi connectivity index (χ3v) is 18.7. The number of rotatable bonds is 74. The SMILES string of the molecule is CCCCCCCCCCCCCCCCCCCC(O)C(CO)NC(=O)CCCCCCCCCCCCCCCCCCCCCCCCCCCCCCCCCCCOC(=O)CCCCCCCCCCCCCCCCCC. The molecule has 0 heterocycles. The van der Waals surface area contributed by atoms with Gasteiger partial charge in [-0.15, -0.1) is 0 Å². The Morgan fingerprint density at radius 3 is 0.735 bits per heavy atom. The Labute approximate surface area is 521 Å². The number of unbranched alkanes of at least 4 members (excludes halogenated alkanes) is 63. The van der Waals surface area contributed by atoms with Crippen molar-refractivity contribution in [2.45, 2.75) is 469 Å². The van der Waals surface area contributed by atoms with Gasteiger partial charge in [0.05, 0.1) is 25.4 Å². The number of carbonyl (C=O) groups is 2. The lowest BCUT2D eigenvalue weighted by Crippen LogP contribution is -2.45. The van der Waals surface area contributed by atoms with Gasteiger partial charge in [0.1, 0.15) is 0 Å². The number of esters is 1. The van der Waals surface area contributed by atoms with E-state index < -0.39 is 12.1 Å². The summed E-state index contributed by atoms with van der Waals surface area (Å²) in [6.07, 6.45) is 90.5. The first-order valence-electron chi connectivity index (χ1n) is 38.8. The van der Waals surface area contributed by atoms with Gasteiger partial charge < -0.3 is 20.3 Å². The van der Waals surface area contributed by atoms with Crippen LogP contribution in [0.2, 0.25) is 0 Å². The molecule has 0 spiro atoms. The van der Waals surface area contributed by atoms with Crippen LogP contribution in [0.25, 0.3) is 0 Å². The smallest absolute Gasteiger partial charge is 0.305 e. The van der Waals surface area contributed by atoms with E-state index in [9.17, 15) is 19.8 Å². The number of nitrogens with one attached hydrogen (secondary N) is 1. The molecule has 0 aliphatic rings. The summed E-state index contributed by atoms with van der Waals surface area (Å²) in [6.45, 7) is 5.02. The van der Waals surface area contributed by atoms with Crippen LogP contribution in [-0.4, -0.2) is 47.4 Å². The molecule has 6 nitrogen and oxygen atoms in total. The van der Waals surface area contributed by atoms with Crippen LogP contribution in [0.15, 0.2) is 0 Å². The Morgan fingerprint density at radius 2 is 0.494 bits per heavy atom. The number of aliphatic hydroxyl groups excluding tert-OH is 2. The van der Waals surface area contributed by atoms with Crippen molar-refractivity contribution in [1.82, 2.24) is 5.32 Å². The quantitative estimate of drug-likeness (QED) is 0.0417. The normalized spacial score (nSPS) is 12.4. The lowest BCUT2D eigenvalue weighted by atomic mass is 10.0. The zero-order chi connectivity index (χ0) is 59.9. The Morgan fingerprint density at radius 1 is 0.289 bits per heavy atom. The van der Waals surface area contributed by atoms with E-state index in [1.54, 1.807) is 0 Å². The average Bonchev–Trinajstić information content (AvgIpc) is 3.49. The molecule has 0 saturated heterocycles. The lowest BCUT2D eigenvalue weighted by Gasteiger charge is -2.22. The topological polar surface area (TPSA) is 95.9 Å². The van der Waals surface area contributed by atoms with Gasteiger partial charge in [0.25, 0.3) is 0 Å². The van der Waals surface area contributed by atoms with Gasteiger partial charge in [0.15, 0.2) is 0 Å². The third kappa shape index (κ3) is 69.8. The zero-order valence-electron chi connectivity index (χ0n) is 57.0. The van der Waals surface area contributed by atoms with E-state index in [1.165, 1.54) is 385 Å². The molecular formula is C77H153NO5. The number of hydrogen-bond donors (Lipinski definition) is 3. The summed E-state index contributed by atoms with van der Waals surface area (Å²) >= 11 is 0. The van der Waals surface area contributed by atoms with Crippen molar-refractivity contribution >= 4 is 11.9 Å². The highest BCUT2D eigenvalue weighted by Gasteiger charge is 2.20. The van der Waals surface area contributed by atoms with Gasteiger partial charge in [-0.1, -0.05) is 418 Å². The monoisotopic (exact) mass is 1170 g/mol. The molecule has 0 aliphatic carbocycles. The molecule has 0 aliphatic heterocycles. The van der Waals surface area contributed by atoms with Crippen LogP contribution in [0.1, 0.15) is 457 Å². The predicted octanol–water partition coefficient (Wildman–Crippen LogP) is 25.3. The second-order valence-electron chi connectivity index (χ2n) is 27.1. The first-order chi connectivity index (χ1) is 41.0. The van der Waals surface area contributed by atoms with E-state index in [2.05, 4.69) is 19.2 Å². The minimum Gasteiger partial charge on any atom is -0.466 e. The highest BCUT2D eigenvalue weighted by Crippen LogP contribution is 2.20. The van der Waals surface area contributed by atoms with Gasteiger partial charge in [-0.2, -0.15) is 0 Å². The van der Waals surface area contributed by atoms with E-state index in [1.807, 2.05) is 0 Å². The largest absolute Gasteiger partial charge is 0.466 e. The molecule has 0 bridgehead atoms.